The van der Waals surface area contributed by atoms with Crippen LogP contribution in [0, 0.1) is 0 Å². The van der Waals surface area contributed by atoms with Gasteiger partial charge in [0, 0.05) is 17.1 Å². The predicted molar refractivity (Wildman–Crippen MR) is 261 cm³/mol. The normalized spacial score (nSPS) is 12.0. The van der Waals surface area contributed by atoms with E-state index in [0.29, 0.717) is 0 Å². The van der Waals surface area contributed by atoms with Gasteiger partial charge in [-0.15, -0.1) is 0 Å². The topological polar surface area (TPSA) is 3.24 Å². The first-order valence-corrected chi connectivity index (χ1v) is 21.3. The first-order chi connectivity index (χ1) is 30.8. The lowest BCUT2D eigenvalue weighted by atomic mass is 9.67. The third-order valence-corrected chi connectivity index (χ3v) is 12.1. The van der Waals surface area contributed by atoms with Crippen LogP contribution in [0.4, 0.5) is 17.1 Å². The molecule has 0 saturated heterocycles. The number of hydrogen-bond donors (Lipinski definition) is 0. The molecule has 0 heterocycles. The van der Waals surface area contributed by atoms with E-state index in [1.54, 1.807) is 0 Å². The Labute approximate surface area is 365 Å². The monoisotopic (exact) mass is 791 g/mol. The quantitative estimate of drug-likeness (QED) is 0.148. The second-order valence-corrected chi connectivity index (χ2v) is 15.7. The maximum Gasteiger partial charge on any atom is 0.0714 e. The van der Waals surface area contributed by atoms with Crippen molar-refractivity contribution in [3.05, 3.63) is 295 Å². The lowest BCUT2D eigenvalue weighted by molar-refractivity contribution is 0.768. The van der Waals surface area contributed by atoms with Gasteiger partial charge in [-0.2, -0.15) is 0 Å². The average molecular weight is 792 g/mol. The number of nitrogens with zero attached hydrogens (tertiary/aromatic N) is 1. The fourth-order valence-corrected chi connectivity index (χ4v) is 9.13. The van der Waals surface area contributed by atoms with Gasteiger partial charge in [0.2, 0.25) is 0 Å². The number of fused-ring (bicyclic) bond motifs is 3. The lowest BCUT2D eigenvalue weighted by Crippen LogP contribution is -2.28. The number of anilines is 3. The van der Waals surface area contributed by atoms with Crippen LogP contribution >= 0.6 is 0 Å². The molecule has 294 valence electrons. The van der Waals surface area contributed by atoms with Crippen molar-refractivity contribution in [3.8, 4) is 44.5 Å². The highest BCUT2D eigenvalue weighted by Crippen LogP contribution is 2.57. The molecule has 0 aromatic heterocycles. The second-order valence-electron chi connectivity index (χ2n) is 15.7. The molecule has 0 saturated carbocycles. The summed E-state index contributed by atoms with van der Waals surface area (Å²) in [5, 5.41) is 0. The molecular weight excluding hydrogens is 747 g/mol. The van der Waals surface area contributed by atoms with E-state index in [9.17, 15) is 0 Å². The van der Waals surface area contributed by atoms with Gasteiger partial charge >= 0.3 is 0 Å². The van der Waals surface area contributed by atoms with Crippen molar-refractivity contribution in [1.29, 1.82) is 0 Å². The van der Waals surface area contributed by atoms with Gasteiger partial charge in [0.1, 0.15) is 0 Å². The molecule has 1 heteroatoms. The maximum atomic E-state index is 2.44. The van der Waals surface area contributed by atoms with Crippen LogP contribution in [-0.2, 0) is 5.41 Å². The molecule has 0 aliphatic heterocycles. The Morgan fingerprint density at radius 2 is 0.532 bits per heavy atom. The van der Waals surface area contributed by atoms with Crippen molar-refractivity contribution in [3.63, 3.8) is 0 Å². The van der Waals surface area contributed by atoms with E-state index in [-0.39, 0.29) is 0 Å². The fourth-order valence-electron chi connectivity index (χ4n) is 9.13. The molecule has 0 bridgehead atoms. The zero-order chi connectivity index (χ0) is 41.6. The Kier molecular flexibility index (Phi) is 10.7. The van der Waals surface area contributed by atoms with E-state index in [0.717, 1.165) is 17.1 Å². The highest BCUT2D eigenvalue weighted by molar-refractivity contribution is 5.90. The Morgan fingerprint density at radius 1 is 0.226 bits per heavy atom. The van der Waals surface area contributed by atoms with Crippen molar-refractivity contribution in [2.24, 2.45) is 0 Å². The van der Waals surface area contributed by atoms with E-state index in [1.165, 1.54) is 66.8 Å². The predicted octanol–water partition coefficient (Wildman–Crippen LogP) is 16.2. The van der Waals surface area contributed by atoms with E-state index in [1.807, 2.05) is 36.4 Å². The Bertz CT molecular complexity index is 2930. The van der Waals surface area contributed by atoms with Gasteiger partial charge in [-0.1, -0.05) is 237 Å². The summed E-state index contributed by atoms with van der Waals surface area (Å²) in [6.07, 6.45) is 0. The molecule has 0 atom stereocenters. The van der Waals surface area contributed by atoms with Crippen molar-refractivity contribution in [2.75, 3.05) is 4.90 Å². The van der Waals surface area contributed by atoms with Gasteiger partial charge < -0.3 is 4.90 Å². The first kappa shape index (κ1) is 38.2. The van der Waals surface area contributed by atoms with Crippen LogP contribution < -0.4 is 4.90 Å². The Hall–Kier alpha value is -8.00. The minimum absolute atomic E-state index is 0.483. The molecule has 11 rings (SSSR count). The summed E-state index contributed by atoms with van der Waals surface area (Å²) in [7, 11) is 0. The van der Waals surface area contributed by atoms with Crippen molar-refractivity contribution < 1.29 is 0 Å². The number of benzene rings is 10. The van der Waals surface area contributed by atoms with Crippen LogP contribution in [0.15, 0.2) is 273 Å². The Morgan fingerprint density at radius 3 is 0.968 bits per heavy atom. The second kappa shape index (κ2) is 17.3. The number of hydrogen-bond acceptors (Lipinski definition) is 1. The minimum Gasteiger partial charge on any atom is -0.310 e. The van der Waals surface area contributed by atoms with E-state index in [4.69, 9.17) is 0 Å². The average Bonchev–Trinajstić information content (AvgIpc) is 3.67. The smallest absolute Gasteiger partial charge is 0.0714 e. The molecule has 1 aliphatic rings. The third kappa shape index (κ3) is 7.31. The molecule has 62 heavy (non-hydrogen) atoms. The van der Waals surface area contributed by atoms with Gasteiger partial charge in [-0.05, 0) is 103 Å². The van der Waals surface area contributed by atoms with Crippen LogP contribution in [0.1, 0.15) is 22.3 Å². The van der Waals surface area contributed by atoms with Gasteiger partial charge in [0.25, 0.3) is 0 Å². The van der Waals surface area contributed by atoms with Crippen LogP contribution in [-0.4, -0.2) is 0 Å². The molecule has 0 radical (unpaired) electrons. The van der Waals surface area contributed by atoms with Crippen LogP contribution in [0.25, 0.3) is 44.5 Å². The summed E-state index contributed by atoms with van der Waals surface area (Å²) in [5.74, 6) is 0. The molecule has 1 nitrogen and oxygen atoms in total. The summed E-state index contributed by atoms with van der Waals surface area (Å²) in [5.41, 5.74) is 17.7. The molecule has 0 unspecified atom stereocenters. The molecule has 0 N–H and O–H groups in total. The van der Waals surface area contributed by atoms with E-state index < -0.39 is 5.41 Å². The molecule has 10 aromatic carbocycles. The van der Waals surface area contributed by atoms with Crippen LogP contribution in [0.3, 0.4) is 0 Å². The standard InChI is InChI=1S/C55H39N.C6H6/c1-5-15-40(16-6-1)42-25-27-43(28-26-42)45-31-35-49(36-32-45)56(48-33-29-44(30-34-48)41-17-7-2-8-18-41)50-37-38-52-51-23-13-14-24-53(51)55(54(52)39-50,46-19-9-3-10-20-46)47-21-11-4-12-22-47;1-2-4-6-5-3-1/h1-39H;1-6H. The molecule has 0 fully saturated rings. The van der Waals surface area contributed by atoms with E-state index >= 15 is 0 Å². The highest BCUT2D eigenvalue weighted by Gasteiger charge is 2.46. The number of rotatable bonds is 8. The first-order valence-electron chi connectivity index (χ1n) is 21.3. The molecular formula is C61H45N. The zero-order valence-electron chi connectivity index (χ0n) is 34.4. The fraction of sp³-hybridized carbons (Fsp3) is 0.0164. The van der Waals surface area contributed by atoms with E-state index in [2.05, 4.69) is 241 Å². The van der Waals surface area contributed by atoms with Gasteiger partial charge in [0.15, 0.2) is 0 Å². The van der Waals surface area contributed by atoms with Crippen molar-refractivity contribution in [2.45, 2.75) is 5.41 Å². The molecule has 0 spiro atoms. The SMILES string of the molecule is c1ccc(-c2ccc(-c3ccc(N(c4ccc(-c5ccccc5)cc4)c4ccc5c(c4)C(c4ccccc4)(c4ccccc4)c4ccccc4-5)cc3)cc2)cc1.c1ccccc1. The van der Waals surface area contributed by atoms with Gasteiger partial charge in [-0.25, -0.2) is 0 Å². The summed E-state index contributed by atoms with van der Waals surface area (Å²) in [6, 6.07) is 98.1. The summed E-state index contributed by atoms with van der Waals surface area (Å²) < 4.78 is 0. The highest BCUT2D eigenvalue weighted by atomic mass is 15.1. The lowest BCUT2D eigenvalue weighted by Gasteiger charge is -2.35. The minimum atomic E-state index is -0.483. The van der Waals surface area contributed by atoms with Crippen molar-refractivity contribution >= 4 is 17.1 Å². The van der Waals surface area contributed by atoms with Crippen molar-refractivity contribution in [1.82, 2.24) is 0 Å². The van der Waals surface area contributed by atoms with Gasteiger partial charge in [0.05, 0.1) is 5.41 Å². The molecule has 10 aromatic rings. The molecule has 0 amide bonds. The van der Waals surface area contributed by atoms with Gasteiger partial charge in [-0.3, -0.25) is 0 Å². The zero-order valence-corrected chi connectivity index (χ0v) is 34.4. The van der Waals surface area contributed by atoms with Crippen LogP contribution in [0.2, 0.25) is 0 Å². The maximum absolute atomic E-state index is 2.44. The summed E-state index contributed by atoms with van der Waals surface area (Å²) in [6.45, 7) is 0. The largest absolute Gasteiger partial charge is 0.310 e. The van der Waals surface area contributed by atoms with Crippen LogP contribution in [0.5, 0.6) is 0 Å². The summed E-state index contributed by atoms with van der Waals surface area (Å²) in [4.78, 5) is 2.40. The Balaban J connectivity index is 0.000000706. The summed E-state index contributed by atoms with van der Waals surface area (Å²) >= 11 is 0. The third-order valence-electron chi connectivity index (χ3n) is 12.1. The molecule has 1 aliphatic carbocycles.